The number of piperazine rings is 1. The number of phenolic OH excluding ortho intramolecular Hbond substituents is 1. The number of aromatic nitrogens is 3. The van der Waals surface area contributed by atoms with E-state index < -0.39 is 0 Å². The van der Waals surface area contributed by atoms with Gasteiger partial charge in [-0.25, -0.2) is 4.98 Å². The fourth-order valence-electron chi connectivity index (χ4n) is 4.38. The van der Waals surface area contributed by atoms with Crippen molar-refractivity contribution < 1.29 is 9.90 Å². The van der Waals surface area contributed by atoms with Gasteiger partial charge in [0.2, 0.25) is 0 Å². The molecule has 0 aliphatic carbocycles. The van der Waals surface area contributed by atoms with Crippen LogP contribution in [0.5, 0.6) is 5.75 Å². The van der Waals surface area contributed by atoms with Crippen molar-refractivity contribution in [3.8, 4) is 17.0 Å². The van der Waals surface area contributed by atoms with E-state index in [1.807, 2.05) is 36.1 Å². The van der Waals surface area contributed by atoms with E-state index >= 15 is 0 Å². The molecule has 0 spiro atoms. The first-order chi connectivity index (χ1) is 15.6. The maximum Gasteiger partial charge on any atom is 0.255 e. The Bertz CT molecular complexity index is 1250. The molecule has 0 saturated carbocycles. The number of fused-ring (bicyclic) bond motifs is 1. The lowest BCUT2D eigenvalue weighted by atomic mass is 10.00. The zero-order valence-corrected chi connectivity index (χ0v) is 17.9. The van der Waals surface area contributed by atoms with Gasteiger partial charge in [-0.3, -0.25) is 9.89 Å². The van der Waals surface area contributed by atoms with Crippen LogP contribution >= 0.6 is 0 Å². The van der Waals surface area contributed by atoms with Crippen molar-refractivity contribution in [2.75, 3.05) is 19.6 Å². The number of carbonyl (C=O) groups excluding carboxylic acids is 1. The molecule has 2 aromatic carbocycles. The lowest BCUT2D eigenvalue weighted by Gasteiger charge is -2.36. The molecule has 1 aliphatic rings. The topological polar surface area (TPSA) is 94.1 Å². The molecule has 4 aromatic rings. The van der Waals surface area contributed by atoms with E-state index in [2.05, 4.69) is 32.6 Å². The molecule has 1 amide bonds. The third-order valence-corrected chi connectivity index (χ3v) is 6.02. The summed E-state index contributed by atoms with van der Waals surface area (Å²) >= 11 is 0. The minimum Gasteiger partial charge on any atom is -0.508 e. The maximum absolute atomic E-state index is 13.9. The van der Waals surface area contributed by atoms with Crippen LogP contribution in [0.1, 0.15) is 21.6 Å². The molecule has 1 fully saturated rings. The van der Waals surface area contributed by atoms with Gasteiger partial charge in [0.15, 0.2) is 5.65 Å². The fourth-order valence-corrected chi connectivity index (χ4v) is 4.38. The molecule has 0 radical (unpaired) electrons. The number of amides is 1. The van der Waals surface area contributed by atoms with Gasteiger partial charge in [-0.2, -0.15) is 5.10 Å². The van der Waals surface area contributed by atoms with Crippen LogP contribution in [-0.4, -0.2) is 56.8 Å². The number of aromatic hydroxyl groups is 1. The molecule has 1 saturated heterocycles. The molecule has 7 heteroatoms. The van der Waals surface area contributed by atoms with Crippen molar-refractivity contribution in [3.63, 3.8) is 0 Å². The number of H-pyrrole nitrogens is 1. The van der Waals surface area contributed by atoms with Crippen LogP contribution in [-0.2, 0) is 6.42 Å². The van der Waals surface area contributed by atoms with Gasteiger partial charge >= 0.3 is 0 Å². The zero-order chi connectivity index (χ0) is 22.1. The number of aryl methyl sites for hydroxylation is 1. The van der Waals surface area contributed by atoms with E-state index in [9.17, 15) is 9.90 Å². The van der Waals surface area contributed by atoms with Crippen LogP contribution in [0.3, 0.4) is 0 Å². The van der Waals surface area contributed by atoms with Crippen molar-refractivity contribution in [3.05, 3.63) is 77.5 Å². The number of aromatic amines is 1. The lowest BCUT2D eigenvalue weighted by Crippen LogP contribution is -2.54. The first-order valence-corrected chi connectivity index (χ1v) is 10.8. The second-order valence-corrected chi connectivity index (χ2v) is 8.20. The number of carbonyl (C=O) groups is 1. The van der Waals surface area contributed by atoms with Gasteiger partial charge in [-0.05, 0) is 49.2 Å². The number of phenols is 1. The van der Waals surface area contributed by atoms with Crippen LogP contribution in [0.2, 0.25) is 0 Å². The average molecular weight is 428 g/mol. The number of pyridine rings is 1. The number of hydrogen-bond acceptors (Lipinski definition) is 5. The monoisotopic (exact) mass is 427 g/mol. The summed E-state index contributed by atoms with van der Waals surface area (Å²) in [5.74, 6) is 0.177. The van der Waals surface area contributed by atoms with Crippen molar-refractivity contribution >= 4 is 16.9 Å². The Balaban J connectivity index is 1.55. The highest BCUT2D eigenvalue weighted by Gasteiger charge is 2.30. The average Bonchev–Trinajstić information content (AvgIpc) is 3.20. The first-order valence-electron chi connectivity index (χ1n) is 10.8. The number of benzene rings is 2. The van der Waals surface area contributed by atoms with E-state index in [0.717, 1.165) is 36.2 Å². The van der Waals surface area contributed by atoms with Gasteiger partial charge in [-0.1, -0.05) is 30.3 Å². The van der Waals surface area contributed by atoms with E-state index in [0.29, 0.717) is 23.4 Å². The summed E-state index contributed by atoms with van der Waals surface area (Å²) in [5.41, 5.74) is 4.63. The molecule has 3 heterocycles. The van der Waals surface area contributed by atoms with Crippen LogP contribution in [0, 0.1) is 6.92 Å². The predicted octanol–water partition coefficient (Wildman–Crippen LogP) is 3.30. The minimum atomic E-state index is -0.00985. The van der Waals surface area contributed by atoms with Crippen molar-refractivity contribution in [2.45, 2.75) is 19.4 Å². The van der Waals surface area contributed by atoms with Crippen LogP contribution in [0.15, 0.2) is 60.7 Å². The van der Waals surface area contributed by atoms with Crippen molar-refractivity contribution in [2.24, 2.45) is 0 Å². The van der Waals surface area contributed by atoms with Crippen molar-refractivity contribution in [1.82, 2.24) is 25.4 Å². The molecule has 0 bridgehead atoms. The normalized spacial score (nSPS) is 16.4. The molecule has 0 unspecified atom stereocenters. The Morgan fingerprint density at radius 3 is 2.72 bits per heavy atom. The predicted molar refractivity (Wildman–Crippen MR) is 124 cm³/mol. The Morgan fingerprint density at radius 2 is 1.94 bits per heavy atom. The summed E-state index contributed by atoms with van der Waals surface area (Å²) in [6.07, 6.45) is 0.795. The fraction of sp³-hybridized carbons (Fsp3) is 0.240. The molecule has 5 rings (SSSR count). The van der Waals surface area contributed by atoms with Gasteiger partial charge in [0.05, 0.1) is 16.6 Å². The molecule has 3 N–H and O–H groups in total. The quantitative estimate of drug-likeness (QED) is 0.465. The molecule has 162 valence electrons. The smallest absolute Gasteiger partial charge is 0.255 e. The summed E-state index contributed by atoms with van der Waals surface area (Å²) < 4.78 is 0. The lowest BCUT2D eigenvalue weighted by molar-refractivity contribution is 0.0638. The molecular weight excluding hydrogens is 402 g/mol. The van der Waals surface area contributed by atoms with Gasteiger partial charge in [0.25, 0.3) is 5.91 Å². The second-order valence-electron chi connectivity index (χ2n) is 8.20. The Morgan fingerprint density at radius 1 is 1.16 bits per heavy atom. The number of hydrogen-bond donors (Lipinski definition) is 3. The van der Waals surface area contributed by atoms with Crippen LogP contribution in [0.25, 0.3) is 22.3 Å². The van der Waals surface area contributed by atoms with Crippen molar-refractivity contribution in [1.29, 1.82) is 0 Å². The summed E-state index contributed by atoms with van der Waals surface area (Å²) in [7, 11) is 0. The van der Waals surface area contributed by atoms with E-state index in [1.54, 1.807) is 24.3 Å². The van der Waals surface area contributed by atoms with E-state index in [1.165, 1.54) is 5.56 Å². The maximum atomic E-state index is 13.9. The molecule has 1 aliphatic heterocycles. The Labute approximate surface area is 186 Å². The summed E-state index contributed by atoms with van der Waals surface area (Å²) in [5, 5.41) is 21.1. The molecule has 1 atom stereocenters. The number of rotatable bonds is 4. The minimum absolute atomic E-state index is 0.00985. The highest BCUT2D eigenvalue weighted by atomic mass is 16.3. The third kappa shape index (κ3) is 3.83. The van der Waals surface area contributed by atoms with Crippen LogP contribution < -0.4 is 5.32 Å². The number of nitrogens with one attached hydrogen (secondary N) is 2. The van der Waals surface area contributed by atoms with Gasteiger partial charge in [0.1, 0.15) is 5.75 Å². The molecular formula is C25H25N5O2. The highest BCUT2D eigenvalue weighted by molar-refractivity contribution is 6.07. The third-order valence-electron chi connectivity index (χ3n) is 6.02. The van der Waals surface area contributed by atoms with E-state index in [-0.39, 0.29) is 17.7 Å². The summed E-state index contributed by atoms with van der Waals surface area (Å²) in [6.45, 7) is 4.07. The Hall–Kier alpha value is -3.71. The largest absolute Gasteiger partial charge is 0.508 e. The highest BCUT2D eigenvalue weighted by Crippen LogP contribution is 2.28. The van der Waals surface area contributed by atoms with Gasteiger partial charge < -0.3 is 15.3 Å². The SMILES string of the molecule is Cc1[nH]nc2nc(-c3ccc(O)cc3)cc(C(=O)N3CCNC[C@@H]3Cc3ccccc3)c12. The second kappa shape index (κ2) is 8.43. The van der Waals surface area contributed by atoms with Gasteiger partial charge in [-0.15, -0.1) is 0 Å². The zero-order valence-electron chi connectivity index (χ0n) is 17.9. The first kappa shape index (κ1) is 20.2. The van der Waals surface area contributed by atoms with Gasteiger partial charge in [0, 0.05) is 36.9 Å². The standard InChI is InChI=1S/C25H25N5O2/c1-16-23-21(14-22(27-24(23)29-28-16)18-7-9-20(31)10-8-18)25(32)30-12-11-26-15-19(30)13-17-5-3-2-4-6-17/h2-10,14,19,26,31H,11-13,15H2,1H3,(H,27,28,29)/t19-/m0/s1. The molecule has 32 heavy (non-hydrogen) atoms. The summed E-state index contributed by atoms with van der Waals surface area (Å²) in [6, 6.07) is 19.0. The van der Waals surface area contributed by atoms with Crippen LogP contribution in [0.4, 0.5) is 0 Å². The molecule has 2 aromatic heterocycles. The molecule has 7 nitrogen and oxygen atoms in total. The number of nitrogens with zero attached hydrogens (tertiary/aromatic N) is 3. The summed E-state index contributed by atoms with van der Waals surface area (Å²) in [4.78, 5) is 20.5. The van der Waals surface area contributed by atoms with E-state index in [4.69, 9.17) is 0 Å². The Kier molecular flexibility index (Phi) is 5.33.